The lowest BCUT2D eigenvalue weighted by atomic mass is 9.85. The molecule has 13 nitrogen and oxygen atoms in total. The van der Waals surface area contributed by atoms with Gasteiger partial charge in [0.2, 0.25) is 5.91 Å². The van der Waals surface area contributed by atoms with Gasteiger partial charge in [0.25, 0.3) is 11.8 Å². The number of carbonyl (C=O) groups is 4. The quantitative estimate of drug-likeness (QED) is 0.126. The molecule has 2 N–H and O–H groups in total. The van der Waals surface area contributed by atoms with Crippen LogP contribution in [-0.4, -0.2) is 94.0 Å². The standard InChI is InChI=1S/C40H38ClFN8O5/c1-4-55-40(54)27-12-14-28(15-13-27)45-39(53)37-31-7-5-6-29(25-8-10-26(11-9-25)38(52)43-21-23-48(2)3)30(31)20-22-49(37)35(51)19-16-32-34(50-24-44-46-47-50)18-17-33(41)36(32)42/h5-19,24,37H,4,20-23H2,1-3H3,(H,43,52)(H,45,53)/b19-16+. The molecule has 0 radical (unpaired) electrons. The van der Waals surface area contributed by atoms with Gasteiger partial charge >= 0.3 is 5.97 Å². The number of hydrogen-bond donors (Lipinski definition) is 2. The van der Waals surface area contributed by atoms with Crippen LogP contribution in [-0.2, 0) is 20.7 Å². The van der Waals surface area contributed by atoms with Gasteiger partial charge in [-0.05, 0) is 115 Å². The molecule has 6 rings (SSSR count). The summed E-state index contributed by atoms with van der Waals surface area (Å²) in [7, 11) is 3.87. The van der Waals surface area contributed by atoms with E-state index < -0.39 is 29.6 Å². The Bertz CT molecular complexity index is 2230. The van der Waals surface area contributed by atoms with Crippen LogP contribution in [0.25, 0.3) is 22.9 Å². The van der Waals surface area contributed by atoms with Gasteiger partial charge in [-0.25, -0.2) is 9.18 Å². The van der Waals surface area contributed by atoms with Crippen LogP contribution in [0.2, 0.25) is 5.02 Å². The Kier molecular flexibility index (Phi) is 12.1. The molecule has 3 amide bonds. The third-order valence-corrected chi connectivity index (χ3v) is 9.31. The second-order valence-corrected chi connectivity index (χ2v) is 13.3. The third kappa shape index (κ3) is 8.77. The Hall–Kier alpha value is -6.25. The fourth-order valence-electron chi connectivity index (χ4n) is 6.31. The summed E-state index contributed by atoms with van der Waals surface area (Å²) in [4.78, 5) is 56.7. The number of rotatable bonds is 12. The number of likely N-dealkylation sites (N-methyl/N-ethyl adjacent to an activating group) is 1. The Morgan fingerprint density at radius 3 is 2.44 bits per heavy atom. The molecule has 0 spiro atoms. The van der Waals surface area contributed by atoms with E-state index in [1.165, 1.54) is 40.2 Å². The molecular weight excluding hydrogens is 727 g/mol. The highest BCUT2D eigenvalue weighted by atomic mass is 35.5. The van der Waals surface area contributed by atoms with Crippen molar-refractivity contribution in [1.29, 1.82) is 0 Å². The topological polar surface area (TPSA) is 152 Å². The summed E-state index contributed by atoms with van der Waals surface area (Å²) in [5.41, 5.74) is 4.61. The maximum atomic E-state index is 15.4. The molecule has 0 fully saturated rings. The van der Waals surface area contributed by atoms with Crippen LogP contribution >= 0.6 is 11.6 Å². The Morgan fingerprint density at radius 2 is 1.75 bits per heavy atom. The molecule has 1 aliphatic heterocycles. The number of nitrogens with one attached hydrogen (secondary N) is 2. The lowest BCUT2D eigenvalue weighted by molar-refractivity contribution is -0.135. The smallest absolute Gasteiger partial charge is 0.338 e. The van der Waals surface area contributed by atoms with E-state index >= 15 is 4.39 Å². The van der Waals surface area contributed by atoms with Crippen molar-refractivity contribution in [3.63, 3.8) is 0 Å². The number of amides is 3. The first kappa shape index (κ1) is 38.5. The monoisotopic (exact) mass is 764 g/mol. The Balaban J connectivity index is 1.33. The van der Waals surface area contributed by atoms with Gasteiger partial charge in [0.05, 0.1) is 22.9 Å². The van der Waals surface area contributed by atoms with E-state index in [-0.39, 0.29) is 35.3 Å². The second kappa shape index (κ2) is 17.3. The maximum Gasteiger partial charge on any atom is 0.338 e. The molecular formula is C40H38ClFN8O5. The van der Waals surface area contributed by atoms with Gasteiger partial charge in [0.1, 0.15) is 12.4 Å². The van der Waals surface area contributed by atoms with Gasteiger partial charge in [-0.1, -0.05) is 41.9 Å². The van der Waals surface area contributed by atoms with Gasteiger partial charge in [0, 0.05) is 42.5 Å². The first-order valence-electron chi connectivity index (χ1n) is 17.5. The van der Waals surface area contributed by atoms with Crippen molar-refractivity contribution in [3.05, 3.63) is 130 Å². The van der Waals surface area contributed by atoms with E-state index in [0.29, 0.717) is 41.9 Å². The minimum atomic E-state index is -1.10. The summed E-state index contributed by atoms with van der Waals surface area (Å²) in [5, 5.41) is 16.7. The Labute approximate surface area is 321 Å². The normalized spacial score (nSPS) is 13.8. The molecule has 55 heavy (non-hydrogen) atoms. The zero-order valence-electron chi connectivity index (χ0n) is 30.3. The average molecular weight is 765 g/mol. The van der Waals surface area contributed by atoms with Crippen LogP contribution in [0, 0.1) is 5.82 Å². The minimum absolute atomic E-state index is 0.0228. The summed E-state index contributed by atoms with van der Waals surface area (Å²) in [5.74, 6) is -2.50. The molecule has 4 aromatic carbocycles. The number of nitrogens with zero attached hydrogens (tertiary/aromatic N) is 6. The Morgan fingerprint density at radius 1 is 1.00 bits per heavy atom. The maximum absolute atomic E-state index is 15.4. The van der Waals surface area contributed by atoms with Crippen LogP contribution in [0.1, 0.15) is 50.4 Å². The molecule has 0 bridgehead atoms. The molecule has 0 aliphatic carbocycles. The van der Waals surface area contributed by atoms with Crippen molar-refractivity contribution in [1.82, 2.24) is 35.3 Å². The molecule has 0 saturated heterocycles. The van der Waals surface area contributed by atoms with Crippen molar-refractivity contribution in [2.24, 2.45) is 0 Å². The van der Waals surface area contributed by atoms with E-state index in [1.807, 2.05) is 43.3 Å². The van der Waals surface area contributed by atoms with Crippen LogP contribution < -0.4 is 10.6 Å². The van der Waals surface area contributed by atoms with Gasteiger partial charge in [0.15, 0.2) is 5.82 Å². The summed E-state index contributed by atoms with van der Waals surface area (Å²) in [6.45, 7) is 3.30. The minimum Gasteiger partial charge on any atom is -0.462 e. The molecule has 1 atom stereocenters. The number of esters is 1. The number of anilines is 1. The predicted octanol–water partition coefficient (Wildman–Crippen LogP) is 5.37. The SMILES string of the molecule is CCOC(=O)c1ccc(NC(=O)C2c3cccc(-c4ccc(C(=O)NCCN(C)C)cc4)c3CCN2C(=O)/C=C/c2c(-n3cnnn3)ccc(Cl)c2F)cc1. The number of benzene rings is 4. The highest BCUT2D eigenvalue weighted by Gasteiger charge is 2.36. The number of fused-ring (bicyclic) bond motifs is 1. The van der Waals surface area contributed by atoms with E-state index in [0.717, 1.165) is 16.7 Å². The summed E-state index contributed by atoms with van der Waals surface area (Å²) in [6, 6.07) is 20.8. The molecule has 282 valence electrons. The third-order valence-electron chi connectivity index (χ3n) is 9.02. The van der Waals surface area contributed by atoms with Crippen LogP contribution in [0.4, 0.5) is 10.1 Å². The number of ether oxygens (including phenoxy) is 1. The van der Waals surface area contributed by atoms with Crippen molar-refractivity contribution >= 4 is 47.1 Å². The van der Waals surface area contributed by atoms with Crippen LogP contribution in [0.15, 0.2) is 91.3 Å². The van der Waals surface area contributed by atoms with Crippen molar-refractivity contribution < 1.29 is 28.3 Å². The predicted molar refractivity (Wildman–Crippen MR) is 205 cm³/mol. The van der Waals surface area contributed by atoms with E-state index in [1.54, 1.807) is 49.4 Å². The fraction of sp³-hybridized carbons (Fsp3) is 0.225. The number of tetrazole rings is 1. The highest BCUT2D eigenvalue weighted by molar-refractivity contribution is 6.31. The van der Waals surface area contributed by atoms with Crippen molar-refractivity contribution in [2.45, 2.75) is 19.4 Å². The number of carbonyl (C=O) groups excluding carboxylic acids is 4. The van der Waals surface area contributed by atoms with E-state index in [4.69, 9.17) is 16.3 Å². The number of aromatic nitrogens is 4. The van der Waals surface area contributed by atoms with Crippen LogP contribution in [0.5, 0.6) is 0 Å². The lowest BCUT2D eigenvalue weighted by Gasteiger charge is -2.37. The highest BCUT2D eigenvalue weighted by Crippen LogP contribution is 2.37. The van der Waals surface area contributed by atoms with Crippen molar-refractivity contribution in [3.8, 4) is 16.8 Å². The molecule has 0 saturated carbocycles. The van der Waals surface area contributed by atoms with Crippen molar-refractivity contribution in [2.75, 3.05) is 45.7 Å². The first-order valence-corrected chi connectivity index (χ1v) is 17.9. The van der Waals surface area contributed by atoms with E-state index in [9.17, 15) is 19.2 Å². The van der Waals surface area contributed by atoms with Gasteiger partial charge in [-0.3, -0.25) is 14.4 Å². The van der Waals surface area contributed by atoms with Crippen LogP contribution in [0.3, 0.4) is 0 Å². The molecule has 1 unspecified atom stereocenters. The molecule has 15 heteroatoms. The number of hydrogen-bond acceptors (Lipinski definition) is 9. The molecule has 1 aliphatic rings. The van der Waals surface area contributed by atoms with Gasteiger partial charge in [-0.2, -0.15) is 4.68 Å². The summed E-state index contributed by atoms with van der Waals surface area (Å²) < 4.78 is 21.7. The zero-order chi connectivity index (χ0) is 39.1. The van der Waals surface area contributed by atoms with E-state index in [2.05, 4.69) is 26.2 Å². The fourth-order valence-corrected chi connectivity index (χ4v) is 6.47. The van der Waals surface area contributed by atoms with Gasteiger partial charge < -0.3 is 25.2 Å². The summed E-state index contributed by atoms with van der Waals surface area (Å²) in [6.07, 6.45) is 4.16. The van der Waals surface area contributed by atoms with Gasteiger partial charge in [-0.15, -0.1) is 5.10 Å². The zero-order valence-corrected chi connectivity index (χ0v) is 31.1. The molecule has 5 aromatic rings. The average Bonchev–Trinajstić information content (AvgIpc) is 3.73. The summed E-state index contributed by atoms with van der Waals surface area (Å²) >= 11 is 6.11. The first-order chi connectivity index (χ1) is 26.5. The lowest BCUT2D eigenvalue weighted by Crippen LogP contribution is -2.45. The second-order valence-electron chi connectivity index (χ2n) is 12.9. The largest absolute Gasteiger partial charge is 0.462 e. The molecule has 2 heterocycles. The number of halogens is 2. The molecule has 1 aromatic heterocycles.